The van der Waals surface area contributed by atoms with E-state index in [0.717, 1.165) is 16.9 Å². The number of ketones is 1. The highest BCUT2D eigenvalue weighted by Crippen LogP contribution is 2.26. The van der Waals surface area contributed by atoms with Gasteiger partial charge in [0.25, 0.3) is 0 Å². The van der Waals surface area contributed by atoms with Gasteiger partial charge in [0, 0.05) is 39.9 Å². The molecule has 6 rings (SSSR count). The van der Waals surface area contributed by atoms with E-state index in [2.05, 4.69) is 85.3 Å². The molecule has 2 aromatic carbocycles. The van der Waals surface area contributed by atoms with Gasteiger partial charge in [0.2, 0.25) is 0 Å². The SMILES string of the molecule is CN1CCC(N)CC1.CN1CCC(NC2CCc3ccc(Br)cc3C2)CC1.O=C1CCc2ccc(Br)cc2C1. The normalized spacial score (nSPS) is 22.6. The number of nitrogens with two attached hydrogens (primary N) is 1. The highest BCUT2D eigenvalue weighted by atomic mass is 79.9. The second kappa shape index (κ2) is 15.2. The molecule has 0 spiro atoms. The summed E-state index contributed by atoms with van der Waals surface area (Å²) in [5.74, 6) is 0.362. The molecule has 2 aliphatic heterocycles. The molecule has 0 bridgehead atoms. The van der Waals surface area contributed by atoms with Gasteiger partial charge in [-0.1, -0.05) is 44.0 Å². The van der Waals surface area contributed by atoms with Gasteiger partial charge in [-0.25, -0.2) is 0 Å². The third-order valence-corrected chi connectivity index (χ3v) is 9.57. The van der Waals surface area contributed by atoms with Crippen molar-refractivity contribution in [2.75, 3.05) is 40.3 Å². The summed E-state index contributed by atoms with van der Waals surface area (Å²) in [5, 5.41) is 3.90. The molecule has 214 valence electrons. The molecule has 4 aliphatic rings. The van der Waals surface area contributed by atoms with Crippen molar-refractivity contribution in [3.8, 4) is 0 Å². The van der Waals surface area contributed by atoms with Crippen LogP contribution in [0.4, 0.5) is 0 Å². The number of benzene rings is 2. The molecule has 2 aromatic rings. The monoisotopic (exact) mass is 660 g/mol. The number of fused-ring (bicyclic) bond motifs is 2. The van der Waals surface area contributed by atoms with Gasteiger partial charge in [-0.15, -0.1) is 0 Å². The first-order valence-corrected chi connectivity index (χ1v) is 16.3. The summed E-state index contributed by atoms with van der Waals surface area (Å²) in [4.78, 5) is 15.9. The van der Waals surface area contributed by atoms with E-state index in [1.165, 1.54) is 92.3 Å². The highest BCUT2D eigenvalue weighted by Gasteiger charge is 2.23. The second-order valence-electron chi connectivity index (χ2n) is 11.9. The van der Waals surface area contributed by atoms with Crippen molar-refractivity contribution >= 4 is 37.6 Å². The number of likely N-dealkylation sites (tertiary alicyclic amines) is 2. The van der Waals surface area contributed by atoms with Gasteiger partial charge in [-0.05, 0) is 138 Å². The third-order valence-electron chi connectivity index (χ3n) is 8.58. The Morgan fingerprint density at radius 3 is 1.90 bits per heavy atom. The van der Waals surface area contributed by atoms with Crippen LogP contribution >= 0.6 is 31.9 Å². The van der Waals surface area contributed by atoms with Crippen LogP contribution in [0.5, 0.6) is 0 Å². The first-order chi connectivity index (χ1) is 18.7. The van der Waals surface area contributed by atoms with Gasteiger partial charge in [-0.2, -0.15) is 0 Å². The summed E-state index contributed by atoms with van der Waals surface area (Å²) in [6, 6.07) is 14.8. The van der Waals surface area contributed by atoms with Crippen molar-refractivity contribution in [2.45, 2.75) is 82.3 Å². The Kier molecular flexibility index (Phi) is 12.0. The number of hydrogen-bond donors (Lipinski definition) is 2. The largest absolute Gasteiger partial charge is 0.328 e. The molecular formula is C32H46Br2N4O. The number of aryl methyl sites for hydroxylation is 2. The molecule has 2 fully saturated rings. The molecule has 2 aliphatic carbocycles. The van der Waals surface area contributed by atoms with Crippen molar-refractivity contribution < 1.29 is 4.79 Å². The summed E-state index contributed by atoms with van der Waals surface area (Å²) in [7, 11) is 4.37. The lowest BCUT2D eigenvalue weighted by Gasteiger charge is -2.34. The minimum atomic E-state index is 0.362. The van der Waals surface area contributed by atoms with Crippen LogP contribution in [0.2, 0.25) is 0 Å². The number of Topliss-reactive ketones (excluding diaryl/α,β-unsaturated/α-hetero) is 1. The highest BCUT2D eigenvalue weighted by molar-refractivity contribution is 9.10. The van der Waals surface area contributed by atoms with E-state index in [1.54, 1.807) is 5.56 Å². The molecule has 1 atom stereocenters. The summed E-state index contributed by atoms with van der Waals surface area (Å²) >= 11 is 6.99. The second-order valence-corrected chi connectivity index (χ2v) is 13.7. The first-order valence-electron chi connectivity index (χ1n) is 14.7. The van der Waals surface area contributed by atoms with Crippen LogP contribution in [0.15, 0.2) is 45.3 Å². The van der Waals surface area contributed by atoms with Gasteiger partial charge in [-0.3, -0.25) is 4.79 Å². The number of hydrogen-bond acceptors (Lipinski definition) is 5. The Hall–Kier alpha value is -1.09. The molecule has 0 radical (unpaired) electrons. The zero-order valence-electron chi connectivity index (χ0n) is 23.7. The van der Waals surface area contributed by atoms with Crippen molar-refractivity contribution in [1.29, 1.82) is 0 Å². The zero-order valence-corrected chi connectivity index (χ0v) is 26.9. The molecule has 0 saturated carbocycles. The van der Waals surface area contributed by atoms with Gasteiger partial charge < -0.3 is 20.9 Å². The van der Waals surface area contributed by atoms with Gasteiger partial charge in [0.1, 0.15) is 5.78 Å². The smallest absolute Gasteiger partial charge is 0.137 e. The minimum Gasteiger partial charge on any atom is -0.328 e. The Bertz CT molecular complexity index is 1070. The molecule has 0 amide bonds. The van der Waals surface area contributed by atoms with Crippen molar-refractivity contribution in [1.82, 2.24) is 15.1 Å². The van der Waals surface area contributed by atoms with Crippen LogP contribution in [0, 0.1) is 0 Å². The lowest BCUT2D eigenvalue weighted by Crippen LogP contribution is -2.46. The van der Waals surface area contributed by atoms with Crippen LogP contribution < -0.4 is 11.1 Å². The van der Waals surface area contributed by atoms with Crippen molar-refractivity contribution in [2.24, 2.45) is 5.73 Å². The predicted molar refractivity (Wildman–Crippen MR) is 169 cm³/mol. The van der Waals surface area contributed by atoms with E-state index in [9.17, 15) is 4.79 Å². The number of nitrogens with zero attached hydrogens (tertiary/aromatic N) is 2. The number of nitrogens with one attached hydrogen (secondary N) is 1. The predicted octanol–water partition coefficient (Wildman–Crippen LogP) is 5.54. The molecule has 2 saturated heterocycles. The number of carbonyl (C=O) groups is 1. The third kappa shape index (κ3) is 10.0. The molecule has 5 nitrogen and oxygen atoms in total. The molecule has 1 unspecified atom stereocenters. The van der Waals surface area contributed by atoms with E-state index >= 15 is 0 Å². The average molecular weight is 663 g/mol. The van der Waals surface area contributed by atoms with Gasteiger partial charge in [0.05, 0.1) is 0 Å². The quantitative estimate of drug-likeness (QED) is 0.443. The standard InChI is InChI=1S/C16H23BrN2.C10H9BrO.C6H14N2/c1-19-8-6-15(7-9-19)18-16-5-3-12-2-4-14(17)10-13(12)11-16;11-9-3-1-7-2-4-10(12)6-8(7)5-9;1-8-4-2-6(7)3-5-8/h2,4,10,15-16,18H,3,5-9,11H2,1H3;1,3,5H,2,4,6H2;6H,2-5,7H2,1H3. The van der Waals surface area contributed by atoms with Crippen LogP contribution in [0.1, 0.15) is 60.8 Å². The van der Waals surface area contributed by atoms with Crippen LogP contribution in [0.3, 0.4) is 0 Å². The Balaban J connectivity index is 0.000000150. The maximum Gasteiger partial charge on any atom is 0.137 e. The minimum absolute atomic E-state index is 0.362. The molecule has 7 heteroatoms. The maximum absolute atomic E-state index is 11.1. The van der Waals surface area contributed by atoms with Crippen LogP contribution in [-0.2, 0) is 30.5 Å². The van der Waals surface area contributed by atoms with Crippen molar-refractivity contribution in [3.63, 3.8) is 0 Å². The van der Waals surface area contributed by atoms with E-state index in [-0.39, 0.29) is 0 Å². The topological polar surface area (TPSA) is 61.6 Å². The van der Waals surface area contributed by atoms with E-state index in [0.29, 0.717) is 30.7 Å². The Morgan fingerprint density at radius 1 is 0.718 bits per heavy atom. The first kappa shape index (κ1) is 30.9. The van der Waals surface area contributed by atoms with Crippen LogP contribution in [-0.4, -0.2) is 74.0 Å². The Labute approximate surface area is 252 Å². The summed E-state index contributed by atoms with van der Waals surface area (Å²) in [6.45, 7) is 4.85. The number of halogens is 2. The van der Waals surface area contributed by atoms with E-state index in [1.807, 2.05) is 12.1 Å². The average Bonchev–Trinajstić information content (AvgIpc) is 2.92. The van der Waals surface area contributed by atoms with E-state index in [4.69, 9.17) is 5.73 Å². The summed E-state index contributed by atoms with van der Waals surface area (Å²) in [6.07, 6.45) is 10.9. The number of carbonyl (C=O) groups excluding carboxylic acids is 1. The zero-order chi connectivity index (χ0) is 27.8. The van der Waals surface area contributed by atoms with E-state index < -0.39 is 0 Å². The van der Waals surface area contributed by atoms with Gasteiger partial charge in [0.15, 0.2) is 0 Å². The van der Waals surface area contributed by atoms with Gasteiger partial charge >= 0.3 is 0 Å². The van der Waals surface area contributed by atoms with Crippen LogP contribution in [0.25, 0.3) is 0 Å². The lowest BCUT2D eigenvalue weighted by atomic mass is 9.87. The molecule has 39 heavy (non-hydrogen) atoms. The molecule has 0 aromatic heterocycles. The fraction of sp³-hybridized carbons (Fsp3) is 0.594. The number of rotatable bonds is 2. The fourth-order valence-electron chi connectivity index (χ4n) is 5.98. The lowest BCUT2D eigenvalue weighted by molar-refractivity contribution is -0.118. The maximum atomic E-state index is 11.1. The number of piperidine rings is 2. The Morgan fingerprint density at radius 2 is 1.28 bits per heavy atom. The van der Waals surface area contributed by atoms with Crippen molar-refractivity contribution in [3.05, 3.63) is 67.6 Å². The molecular weight excluding hydrogens is 616 g/mol. The fourth-order valence-corrected chi connectivity index (χ4v) is 6.80. The summed E-state index contributed by atoms with van der Waals surface area (Å²) in [5.41, 5.74) is 11.3. The summed E-state index contributed by atoms with van der Waals surface area (Å²) < 4.78 is 2.28. The molecule has 2 heterocycles. The molecule has 3 N–H and O–H groups in total.